The van der Waals surface area contributed by atoms with E-state index in [9.17, 15) is 4.79 Å². The lowest BCUT2D eigenvalue weighted by Crippen LogP contribution is -2.38. The van der Waals surface area contributed by atoms with Gasteiger partial charge in [0, 0.05) is 11.5 Å². The topological polar surface area (TPSA) is 26.3 Å². The van der Waals surface area contributed by atoms with E-state index in [0.717, 1.165) is 25.2 Å². The molecule has 2 nitrogen and oxygen atoms in total. The third kappa shape index (κ3) is 2.00. The Hall–Kier alpha value is -0.790. The molecule has 0 radical (unpaired) electrons. The average Bonchev–Trinajstić information content (AvgIpc) is 2.62. The van der Waals surface area contributed by atoms with Crippen molar-refractivity contribution in [2.75, 3.05) is 0 Å². The normalized spacial score (nSPS) is 37.3. The molecule has 0 aromatic rings. The summed E-state index contributed by atoms with van der Waals surface area (Å²) < 4.78 is 5.70. The van der Waals surface area contributed by atoms with Crippen molar-refractivity contribution in [3.8, 4) is 0 Å². The molecule has 0 saturated heterocycles. The minimum absolute atomic E-state index is 0.116. The number of rotatable bonds is 4. The number of unbranched alkanes of at least 4 members (excludes halogenated alkanes) is 1. The van der Waals surface area contributed by atoms with Gasteiger partial charge in [-0.2, -0.15) is 0 Å². The number of esters is 1. The van der Waals surface area contributed by atoms with Gasteiger partial charge in [0.05, 0.1) is 0 Å². The third-order valence-corrected chi connectivity index (χ3v) is 5.68. The number of hydrogen-bond donors (Lipinski definition) is 0. The van der Waals surface area contributed by atoms with E-state index in [1.807, 2.05) is 6.08 Å². The zero-order valence-corrected chi connectivity index (χ0v) is 12.2. The first kappa shape index (κ1) is 13.6. The molecule has 2 bridgehead atoms. The zero-order chi connectivity index (χ0) is 13.4. The first-order valence-electron chi connectivity index (χ1n) is 7.29. The molecule has 0 heterocycles. The second-order valence-corrected chi connectivity index (χ2v) is 6.73. The van der Waals surface area contributed by atoms with E-state index >= 15 is 0 Å². The van der Waals surface area contributed by atoms with Crippen LogP contribution in [0.3, 0.4) is 0 Å². The second kappa shape index (κ2) is 4.71. The van der Waals surface area contributed by atoms with Crippen LogP contribution in [0.4, 0.5) is 0 Å². The van der Waals surface area contributed by atoms with Gasteiger partial charge in [0.1, 0.15) is 6.10 Å². The maximum absolute atomic E-state index is 11.8. The van der Waals surface area contributed by atoms with Gasteiger partial charge >= 0.3 is 5.97 Å². The molecule has 0 N–H and O–H groups in total. The summed E-state index contributed by atoms with van der Waals surface area (Å²) in [5.74, 6) is 0.568. The van der Waals surface area contributed by atoms with Gasteiger partial charge in [-0.15, -0.1) is 0 Å². The Balaban J connectivity index is 1.98. The van der Waals surface area contributed by atoms with E-state index in [-0.39, 0.29) is 17.5 Å². The first-order valence-corrected chi connectivity index (χ1v) is 7.29. The van der Waals surface area contributed by atoms with Gasteiger partial charge in [0.2, 0.25) is 0 Å². The quantitative estimate of drug-likeness (QED) is 0.554. The summed E-state index contributed by atoms with van der Waals surface area (Å²) >= 11 is 0. The van der Waals surface area contributed by atoms with Gasteiger partial charge in [0.25, 0.3) is 0 Å². The van der Waals surface area contributed by atoms with Gasteiger partial charge < -0.3 is 4.74 Å². The molecule has 2 fully saturated rings. The minimum Gasteiger partial charge on any atom is -0.459 e. The number of ether oxygens (including phenoxy) is 1. The van der Waals surface area contributed by atoms with Crippen LogP contribution < -0.4 is 0 Å². The monoisotopic (exact) mass is 250 g/mol. The molecule has 2 aliphatic rings. The molecule has 3 atom stereocenters. The Labute approximate surface area is 111 Å². The zero-order valence-electron chi connectivity index (χ0n) is 12.2. The average molecular weight is 250 g/mol. The minimum atomic E-state index is -0.155. The third-order valence-electron chi connectivity index (χ3n) is 5.68. The number of allylic oxidation sites excluding steroid dienone is 1. The summed E-state index contributed by atoms with van der Waals surface area (Å²) in [4.78, 5) is 11.8. The van der Waals surface area contributed by atoms with Crippen LogP contribution in [0.2, 0.25) is 0 Å². The van der Waals surface area contributed by atoms with Crippen LogP contribution in [0.1, 0.15) is 59.8 Å². The fraction of sp³-hybridized carbons (Fsp3) is 0.812. The van der Waals surface area contributed by atoms with Crippen molar-refractivity contribution in [3.05, 3.63) is 12.2 Å². The van der Waals surface area contributed by atoms with E-state index in [1.165, 1.54) is 12.8 Å². The smallest absolute Gasteiger partial charge is 0.330 e. The lowest BCUT2D eigenvalue weighted by Gasteiger charge is -2.38. The molecular formula is C16H26O2. The number of carbonyl (C=O) groups excluding carboxylic acids is 1. The maximum Gasteiger partial charge on any atom is 0.330 e. The maximum atomic E-state index is 11.8. The highest BCUT2D eigenvalue weighted by atomic mass is 16.5. The van der Waals surface area contributed by atoms with Crippen molar-refractivity contribution in [3.63, 3.8) is 0 Å². The molecule has 0 aromatic heterocycles. The van der Waals surface area contributed by atoms with E-state index in [4.69, 9.17) is 4.74 Å². The van der Waals surface area contributed by atoms with Crippen LogP contribution in [0, 0.1) is 16.7 Å². The number of carbonyl (C=O) groups is 1. The van der Waals surface area contributed by atoms with Crippen molar-refractivity contribution >= 4 is 5.97 Å². The highest BCUT2D eigenvalue weighted by Crippen LogP contribution is 2.66. The molecule has 0 aliphatic heterocycles. The van der Waals surface area contributed by atoms with Crippen LogP contribution in [0.25, 0.3) is 0 Å². The largest absolute Gasteiger partial charge is 0.459 e. The van der Waals surface area contributed by atoms with E-state index < -0.39 is 0 Å². The summed E-state index contributed by atoms with van der Waals surface area (Å²) in [6, 6.07) is 0. The van der Waals surface area contributed by atoms with Crippen molar-refractivity contribution in [1.82, 2.24) is 0 Å². The van der Waals surface area contributed by atoms with Crippen molar-refractivity contribution in [2.45, 2.75) is 65.9 Å². The van der Waals surface area contributed by atoms with Crippen LogP contribution in [0.15, 0.2) is 12.2 Å². The summed E-state index contributed by atoms with van der Waals surface area (Å²) in [6.07, 6.45) is 9.20. The Bertz CT molecular complexity index is 356. The van der Waals surface area contributed by atoms with Gasteiger partial charge in [-0.3, -0.25) is 0 Å². The lowest BCUT2D eigenvalue weighted by atomic mass is 9.70. The summed E-state index contributed by atoms with van der Waals surface area (Å²) in [7, 11) is 0. The second-order valence-electron chi connectivity index (χ2n) is 6.73. The van der Waals surface area contributed by atoms with E-state index in [1.54, 1.807) is 6.08 Å². The Morgan fingerprint density at radius 3 is 2.61 bits per heavy atom. The Morgan fingerprint density at radius 2 is 2.11 bits per heavy atom. The molecule has 3 unspecified atom stereocenters. The molecule has 2 heteroatoms. The lowest BCUT2D eigenvalue weighted by molar-refractivity contribution is -0.150. The van der Waals surface area contributed by atoms with Gasteiger partial charge in [0.15, 0.2) is 0 Å². The SMILES string of the molecule is CCC/C=C/C(=O)OC1CC2CCC1(C)C2(C)C. The van der Waals surface area contributed by atoms with E-state index in [2.05, 4.69) is 27.7 Å². The molecule has 2 saturated carbocycles. The predicted molar refractivity (Wildman–Crippen MR) is 73.2 cm³/mol. The Kier molecular flexibility index (Phi) is 3.57. The summed E-state index contributed by atoms with van der Waals surface area (Å²) in [5.41, 5.74) is 0.483. The highest BCUT2D eigenvalue weighted by Gasteiger charge is 2.62. The first-order chi connectivity index (χ1) is 8.41. The van der Waals surface area contributed by atoms with Crippen LogP contribution in [-0.4, -0.2) is 12.1 Å². The molecule has 102 valence electrons. The highest BCUT2D eigenvalue weighted by molar-refractivity contribution is 5.82. The fourth-order valence-corrected chi connectivity index (χ4v) is 3.83. The number of fused-ring (bicyclic) bond motifs is 2. The fourth-order valence-electron chi connectivity index (χ4n) is 3.83. The van der Waals surface area contributed by atoms with Crippen LogP contribution in [0.5, 0.6) is 0 Å². The summed E-state index contributed by atoms with van der Waals surface area (Å²) in [5, 5.41) is 0. The van der Waals surface area contributed by atoms with E-state index in [0.29, 0.717) is 5.41 Å². The predicted octanol–water partition coefficient (Wildman–Crippen LogP) is 4.10. The van der Waals surface area contributed by atoms with Crippen molar-refractivity contribution < 1.29 is 9.53 Å². The molecule has 18 heavy (non-hydrogen) atoms. The molecule has 0 amide bonds. The standard InChI is InChI=1S/C16H26O2/c1-5-6-7-8-14(17)18-13-11-12-9-10-16(13,4)15(12,2)3/h7-8,12-13H,5-6,9-11H2,1-4H3/b8-7+. The molecular weight excluding hydrogens is 224 g/mol. The van der Waals surface area contributed by atoms with Crippen LogP contribution >= 0.6 is 0 Å². The molecule has 2 aliphatic carbocycles. The van der Waals surface area contributed by atoms with Gasteiger partial charge in [-0.05, 0) is 37.0 Å². The molecule has 0 aromatic carbocycles. The molecule has 2 rings (SSSR count). The van der Waals surface area contributed by atoms with Gasteiger partial charge in [-0.25, -0.2) is 4.79 Å². The molecule has 0 spiro atoms. The van der Waals surface area contributed by atoms with Crippen molar-refractivity contribution in [1.29, 1.82) is 0 Å². The van der Waals surface area contributed by atoms with Crippen LogP contribution in [-0.2, 0) is 9.53 Å². The van der Waals surface area contributed by atoms with Gasteiger partial charge in [-0.1, -0.05) is 40.2 Å². The Morgan fingerprint density at radius 1 is 1.39 bits per heavy atom. The number of hydrogen-bond acceptors (Lipinski definition) is 2. The summed E-state index contributed by atoms with van der Waals surface area (Å²) in [6.45, 7) is 9.08. The van der Waals surface area contributed by atoms with Crippen molar-refractivity contribution in [2.24, 2.45) is 16.7 Å².